The minimum absolute atomic E-state index is 0.590. The monoisotopic (exact) mass is 144 g/mol. The van der Waals surface area contributed by atoms with Gasteiger partial charge in [0.05, 0.1) is 6.20 Å². The molecule has 5 heteroatoms. The Labute approximate surface area is 57.4 Å². The summed E-state index contributed by atoms with van der Waals surface area (Å²) >= 11 is 5.11. The third-order valence-corrected chi connectivity index (χ3v) is 0.833. The lowest BCUT2D eigenvalue weighted by atomic mass is 10.7. The fourth-order valence-corrected chi connectivity index (χ4v) is 0.509. The Balaban J connectivity index is 2.61. The average Bonchev–Trinajstić information content (AvgIpc) is 1.91. The molecule has 0 aliphatic carbocycles. The van der Waals surface area contributed by atoms with Crippen LogP contribution in [0.2, 0.25) is 0 Å². The highest BCUT2D eigenvalue weighted by Gasteiger charge is 1.84. The zero-order valence-corrected chi connectivity index (χ0v) is 5.26. The minimum atomic E-state index is 0.590. The molecule has 0 aliphatic heterocycles. The molecular formula is C4H5ClN4. The van der Waals surface area contributed by atoms with Crippen molar-refractivity contribution in [2.75, 3.05) is 5.43 Å². The highest BCUT2D eigenvalue weighted by atomic mass is 35.5. The third kappa shape index (κ3) is 1.83. The zero-order chi connectivity index (χ0) is 6.53. The molecule has 0 saturated heterocycles. The van der Waals surface area contributed by atoms with Crippen molar-refractivity contribution in [1.29, 1.82) is 0 Å². The van der Waals surface area contributed by atoms with Crippen LogP contribution in [0.15, 0.2) is 18.6 Å². The number of rotatable bonds is 2. The number of aromatic nitrogens is 2. The number of nitrogens with zero attached hydrogens (tertiary/aromatic N) is 2. The second-order valence-electron chi connectivity index (χ2n) is 1.31. The summed E-state index contributed by atoms with van der Waals surface area (Å²) in [6, 6.07) is 0. The van der Waals surface area contributed by atoms with E-state index in [1.54, 1.807) is 18.6 Å². The fraction of sp³-hybridized carbons (Fsp3) is 0. The second-order valence-corrected chi connectivity index (χ2v) is 1.50. The Bertz CT molecular complexity index is 165. The first-order valence-corrected chi connectivity index (χ1v) is 2.69. The van der Waals surface area contributed by atoms with Gasteiger partial charge in [-0.3, -0.25) is 10.4 Å². The van der Waals surface area contributed by atoms with Gasteiger partial charge >= 0.3 is 0 Å². The summed E-state index contributed by atoms with van der Waals surface area (Å²) in [7, 11) is 0. The minimum Gasteiger partial charge on any atom is -0.290 e. The molecule has 9 heavy (non-hydrogen) atoms. The second kappa shape index (κ2) is 3.21. The first-order valence-electron chi connectivity index (χ1n) is 2.31. The van der Waals surface area contributed by atoms with E-state index in [2.05, 4.69) is 20.3 Å². The van der Waals surface area contributed by atoms with E-state index in [1.807, 2.05) is 0 Å². The summed E-state index contributed by atoms with van der Waals surface area (Å²) in [6.45, 7) is 0. The van der Waals surface area contributed by atoms with E-state index < -0.39 is 0 Å². The van der Waals surface area contributed by atoms with Crippen molar-refractivity contribution in [3.8, 4) is 0 Å². The van der Waals surface area contributed by atoms with Gasteiger partial charge in [0, 0.05) is 12.4 Å². The van der Waals surface area contributed by atoms with Crippen LogP contribution in [-0.2, 0) is 0 Å². The molecule has 0 fully saturated rings. The number of anilines is 1. The Morgan fingerprint density at radius 1 is 1.44 bits per heavy atom. The van der Waals surface area contributed by atoms with E-state index in [-0.39, 0.29) is 0 Å². The van der Waals surface area contributed by atoms with E-state index in [0.717, 1.165) is 0 Å². The topological polar surface area (TPSA) is 49.8 Å². The molecule has 0 spiro atoms. The van der Waals surface area contributed by atoms with E-state index >= 15 is 0 Å². The number of hydrazine groups is 1. The SMILES string of the molecule is ClNNc1cnccn1. The molecule has 0 amide bonds. The Hall–Kier alpha value is -0.870. The molecule has 0 atom stereocenters. The van der Waals surface area contributed by atoms with Crippen molar-refractivity contribution in [1.82, 2.24) is 14.9 Å². The molecule has 1 heterocycles. The van der Waals surface area contributed by atoms with Gasteiger partial charge in [0.25, 0.3) is 0 Å². The van der Waals surface area contributed by atoms with Gasteiger partial charge in [0.2, 0.25) is 0 Å². The molecule has 48 valence electrons. The van der Waals surface area contributed by atoms with Gasteiger partial charge in [-0.05, 0) is 11.8 Å². The van der Waals surface area contributed by atoms with Crippen LogP contribution in [0.3, 0.4) is 0 Å². The molecule has 1 rings (SSSR count). The molecule has 0 bridgehead atoms. The largest absolute Gasteiger partial charge is 0.290 e. The Kier molecular flexibility index (Phi) is 2.23. The maximum Gasteiger partial charge on any atom is 0.159 e. The maximum atomic E-state index is 5.11. The summed E-state index contributed by atoms with van der Waals surface area (Å²) in [5.74, 6) is 0.590. The molecular weight excluding hydrogens is 140 g/mol. The van der Waals surface area contributed by atoms with Gasteiger partial charge in [0.15, 0.2) is 5.82 Å². The first kappa shape index (κ1) is 6.25. The maximum absolute atomic E-state index is 5.11. The van der Waals surface area contributed by atoms with Crippen LogP contribution in [-0.4, -0.2) is 9.97 Å². The van der Waals surface area contributed by atoms with E-state index in [0.29, 0.717) is 5.82 Å². The lowest BCUT2D eigenvalue weighted by molar-refractivity contribution is 1.10. The summed E-state index contributed by atoms with van der Waals surface area (Å²) in [5.41, 5.74) is 2.55. The molecule has 1 aromatic heterocycles. The Morgan fingerprint density at radius 2 is 2.33 bits per heavy atom. The normalized spacial score (nSPS) is 9.00. The van der Waals surface area contributed by atoms with Crippen LogP contribution >= 0.6 is 11.8 Å². The van der Waals surface area contributed by atoms with Gasteiger partial charge in [-0.1, -0.05) is 0 Å². The van der Waals surface area contributed by atoms with Gasteiger partial charge in [-0.15, -0.1) is 4.94 Å². The van der Waals surface area contributed by atoms with Crippen molar-refractivity contribution < 1.29 is 0 Å². The molecule has 0 aromatic carbocycles. The first-order chi connectivity index (χ1) is 4.43. The van der Waals surface area contributed by atoms with Crippen molar-refractivity contribution in [3.05, 3.63) is 18.6 Å². The molecule has 1 aromatic rings. The van der Waals surface area contributed by atoms with E-state index in [4.69, 9.17) is 11.8 Å². The highest BCUT2D eigenvalue weighted by molar-refractivity contribution is 6.13. The fourth-order valence-electron chi connectivity index (χ4n) is 0.412. The number of halogens is 1. The van der Waals surface area contributed by atoms with Crippen LogP contribution in [0, 0.1) is 0 Å². The molecule has 0 aliphatic rings. The van der Waals surface area contributed by atoms with Crippen LogP contribution < -0.4 is 10.4 Å². The van der Waals surface area contributed by atoms with Crippen LogP contribution in [0.25, 0.3) is 0 Å². The predicted octanol–water partition coefficient (Wildman–Crippen LogP) is 0.547. The number of hydrogen-bond acceptors (Lipinski definition) is 4. The van der Waals surface area contributed by atoms with Crippen molar-refractivity contribution in [2.45, 2.75) is 0 Å². The Morgan fingerprint density at radius 3 is 2.89 bits per heavy atom. The zero-order valence-electron chi connectivity index (χ0n) is 4.50. The molecule has 0 radical (unpaired) electrons. The summed E-state index contributed by atoms with van der Waals surface area (Å²) in [6.07, 6.45) is 4.70. The third-order valence-electron chi connectivity index (χ3n) is 0.738. The molecule has 2 N–H and O–H groups in total. The van der Waals surface area contributed by atoms with Gasteiger partial charge in [0.1, 0.15) is 0 Å². The standard InChI is InChI=1S/C4H5ClN4/c5-9-8-4-3-6-1-2-7-4/h1-3,9H,(H,7,8). The number of hydrogen-bond donors (Lipinski definition) is 2. The van der Waals surface area contributed by atoms with Crippen molar-refractivity contribution in [2.24, 2.45) is 0 Å². The average molecular weight is 145 g/mol. The molecule has 0 unspecified atom stereocenters. The molecule has 0 saturated carbocycles. The lowest BCUT2D eigenvalue weighted by Gasteiger charge is -1.96. The van der Waals surface area contributed by atoms with Gasteiger partial charge in [-0.2, -0.15) is 0 Å². The van der Waals surface area contributed by atoms with Gasteiger partial charge < -0.3 is 0 Å². The van der Waals surface area contributed by atoms with E-state index in [1.165, 1.54) is 0 Å². The van der Waals surface area contributed by atoms with Crippen LogP contribution in [0.4, 0.5) is 5.82 Å². The van der Waals surface area contributed by atoms with Crippen molar-refractivity contribution >= 4 is 17.6 Å². The summed E-state index contributed by atoms with van der Waals surface area (Å²) in [5, 5.41) is 0. The van der Waals surface area contributed by atoms with E-state index in [9.17, 15) is 0 Å². The van der Waals surface area contributed by atoms with Crippen molar-refractivity contribution in [3.63, 3.8) is 0 Å². The number of nitrogens with one attached hydrogen (secondary N) is 2. The smallest absolute Gasteiger partial charge is 0.159 e. The quantitative estimate of drug-likeness (QED) is 0.470. The lowest BCUT2D eigenvalue weighted by Crippen LogP contribution is -2.09. The van der Waals surface area contributed by atoms with Crippen LogP contribution in [0.1, 0.15) is 0 Å². The van der Waals surface area contributed by atoms with Crippen LogP contribution in [0.5, 0.6) is 0 Å². The summed E-state index contributed by atoms with van der Waals surface area (Å²) in [4.78, 5) is 9.83. The summed E-state index contributed by atoms with van der Waals surface area (Å²) < 4.78 is 0. The van der Waals surface area contributed by atoms with Gasteiger partial charge in [-0.25, -0.2) is 4.98 Å². The highest BCUT2D eigenvalue weighted by Crippen LogP contribution is 1.92. The molecule has 4 nitrogen and oxygen atoms in total. The predicted molar refractivity (Wildman–Crippen MR) is 34.6 cm³/mol.